The van der Waals surface area contributed by atoms with Gasteiger partial charge in [-0.05, 0) is 54.4 Å². The number of hydrogen-bond acceptors (Lipinski definition) is 7. The number of nitrogens with one attached hydrogen (secondary N) is 1. The van der Waals surface area contributed by atoms with Gasteiger partial charge in [-0.15, -0.1) is 0 Å². The fourth-order valence-electron chi connectivity index (χ4n) is 5.01. The van der Waals surface area contributed by atoms with Crippen molar-refractivity contribution in [2.45, 2.75) is 25.0 Å². The van der Waals surface area contributed by atoms with Crippen molar-refractivity contribution in [3.05, 3.63) is 93.8 Å². The minimum Gasteiger partial charge on any atom is -0.491 e. The van der Waals surface area contributed by atoms with Crippen LogP contribution in [0.3, 0.4) is 0 Å². The van der Waals surface area contributed by atoms with Crippen LogP contribution in [0, 0.1) is 5.82 Å². The number of benzene rings is 3. The molecule has 0 aliphatic carbocycles. The first-order chi connectivity index (χ1) is 20.3. The Hall–Kier alpha value is -4.48. The van der Waals surface area contributed by atoms with Crippen molar-refractivity contribution in [2.75, 3.05) is 32.2 Å². The molecule has 10 nitrogen and oxygen atoms in total. The number of rotatable bonds is 9. The second-order valence-corrected chi connectivity index (χ2v) is 10.1. The number of oxime groups is 1. The number of methoxy groups -OCH3 is 1. The maximum atomic E-state index is 14.6. The van der Waals surface area contributed by atoms with Crippen LogP contribution in [0.4, 0.5) is 10.1 Å². The first-order valence-electron chi connectivity index (χ1n) is 13.1. The number of fused-ring (bicyclic) bond motifs is 1. The summed E-state index contributed by atoms with van der Waals surface area (Å²) in [6.45, 7) is 0.852. The predicted molar refractivity (Wildman–Crippen MR) is 151 cm³/mol. The molecule has 42 heavy (non-hydrogen) atoms. The minimum absolute atomic E-state index is 0.00931. The second kappa shape index (κ2) is 12.6. The van der Waals surface area contributed by atoms with E-state index in [1.54, 1.807) is 31.4 Å². The molecule has 0 fully saturated rings. The van der Waals surface area contributed by atoms with Gasteiger partial charge in [0.05, 0.1) is 22.9 Å². The minimum atomic E-state index is -1.09. The summed E-state index contributed by atoms with van der Waals surface area (Å²) in [7, 11) is 1.57. The number of carbonyl (C=O) groups excluding carboxylic acids is 2. The number of anilines is 1. The molecular weight excluding hydrogens is 569 g/mol. The van der Waals surface area contributed by atoms with E-state index >= 15 is 0 Å². The predicted octanol–water partition coefficient (Wildman–Crippen LogP) is 4.46. The van der Waals surface area contributed by atoms with Crippen LogP contribution in [0.2, 0.25) is 5.02 Å². The van der Waals surface area contributed by atoms with E-state index in [0.29, 0.717) is 36.6 Å². The summed E-state index contributed by atoms with van der Waals surface area (Å²) < 4.78 is 25.6. The maximum absolute atomic E-state index is 14.6. The number of aromatic carboxylic acids is 1. The summed E-state index contributed by atoms with van der Waals surface area (Å²) in [6.07, 6.45) is -0.679. The zero-order chi connectivity index (χ0) is 29.8. The fourth-order valence-corrected chi connectivity index (χ4v) is 5.19. The smallest absolute Gasteiger partial charge is 0.335 e. The Morgan fingerprint density at radius 1 is 1.12 bits per heavy atom. The monoisotopic (exact) mass is 595 g/mol. The van der Waals surface area contributed by atoms with Crippen LogP contribution in [0.5, 0.6) is 5.75 Å². The summed E-state index contributed by atoms with van der Waals surface area (Å²) in [5.41, 5.74) is 2.15. The normalized spacial score (nSPS) is 17.6. The van der Waals surface area contributed by atoms with Crippen LogP contribution in [-0.2, 0) is 25.6 Å². The van der Waals surface area contributed by atoms with Gasteiger partial charge in [-0.1, -0.05) is 35.0 Å². The maximum Gasteiger partial charge on any atom is 0.335 e. The van der Waals surface area contributed by atoms with Crippen molar-refractivity contribution in [1.82, 2.24) is 4.90 Å². The van der Waals surface area contributed by atoms with E-state index in [4.69, 9.17) is 25.9 Å². The summed E-state index contributed by atoms with van der Waals surface area (Å²) in [6, 6.07) is 14.4. The lowest BCUT2D eigenvalue weighted by molar-refractivity contribution is -0.148. The van der Waals surface area contributed by atoms with Crippen molar-refractivity contribution in [3.63, 3.8) is 0 Å². The van der Waals surface area contributed by atoms with Crippen LogP contribution in [0.15, 0.2) is 65.8 Å². The van der Waals surface area contributed by atoms with Crippen molar-refractivity contribution in [3.8, 4) is 5.75 Å². The fraction of sp³-hybridized carbons (Fsp3) is 0.267. The Morgan fingerprint density at radius 2 is 1.88 bits per heavy atom. The molecule has 2 atom stereocenters. The van der Waals surface area contributed by atoms with Gasteiger partial charge in [0.1, 0.15) is 18.4 Å². The molecule has 2 heterocycles. The topological polar surface area (TPSA) is 127 Å². The molecule has 0 saturated heterocycles. The molecule has 0 bridgehead atoms. The van der Waals surface area contributed by atoms with Crippen molar-refractivity contribution in [1.29, 1.82) is 0 Å². The number of hydrogen-bond donors (Lipinski definition) is 2. The van der Waals surface area contributed by atoms with E-state index in [9.17, 15) is 23.9 Å². The molecule has 1 unspecified atom stereocenters. The summed E-state index contributed by atoms with van der Waals surface area (Å²) in [5.74, 6) is -2.17. The van der Waals surface area contributed by atoms with E-state index in [0.717, 1.165) is 5.56 Å². The van der Waals surface area contributed by atoms with Crippen LogP contribution in [0.1, 0.15) is 39.5 Å². The number of carbonyl (C=O) groups is 3. The van der Waals surface area contributed by atoms with Crippen LogP contribution >= 0.6 is 11.6 Å². The highest BCUT2D eigenvalue weighted by molar-refractivity contribution is 6.31. The van der Waals surface area contributed by atoms with E-state index in [1.807, 2.05) is 0 Å². The number of carboxylic acids is 1. The van der Waals surface area contributed by atoms with Gasteiger partial charge in [-0.2, -0.15) is 0 Å². The third kappa shape index (κ3) is 5.93. The van der Waals surface area contributed by atoms with E-state index in [2.05, 4.69) is 10.5 Å². The Balaban J connectivity index is 1.42. The number of ether oxygens (including phenoxy) is 2. The average Bonchev–Trinajstić information content (AvgIpc) is 3.48. The molecule has 2 aliphatic heterocycles. The van der Waals surface area contributed by atoms with Crippen LogP contribution in [-0.4, -0.2) is 66.5 Å². The Kier molecular flexibility index (Phi) is 8.69. The Labute approximate surface area is 245 Å². The summed E-state index contributed by atoms with van der Waals surface area (Å²) >= 11 is 5.92. The lowest BCUT2D eigenvalue weighted by atomic mass is 9.90. The molecule has 12 heteroatoms. The third-order valence-electron chi connectivity index (χ3n) is 7.06. The SMILES string of the molecule is COCCOc1cccc2c1CCN(C(=O)C1CC(c3cccc(Cl)c3F)=NO1)[C@@H]2C(=O)Nc1ccc(C(=O)O)cc1. The molecule has 0 saturated carbocycles. The number of halogens is 2. The first kappa shape index (κ1) is 29.0. The van der Waals surface area contributed by atoms with Gasteiger partial charge in [0.25, 0.3) is 11.8 Å². The second-order valence-electron chi connectivity index (χ2n) is 9.66. The van der Waals surface area contributed by atoms with Gasteiger partial charge in [0, 0.05) is 36.9 Å². The molecular formula is C30H27ClFN3O7. The quantitative estimate of drug-likeness (QED) is 0.350. The number of nitrogens with zero attached hydrogens (tertiary/aromatic N) is 2. The van der Waals surface area contributed by atoms with Gasteiger partial charge in [-0.3, -0.25) is 9.59 Å². The largest absolute Gasteiger partial charge is 0.491 e. The van der Waals surface area contributed by atoms with Crippen molar-refractivity contribution < 1.29 is 38.2 Å². The van der Waals surface area contributed by atoms with Gasteiger partial charge in [0.2, 0.25) is 6.10 Å². The van der Waals surface area contributed by atoms with Gasteiger partial charge >= 0.3 is 5.97 Å². The molecule has 0 aromatic heterocycles. The van der Waals surface area contributed by atoms with Crippen LogP contribution < -0.4 is 10.1 Å². The highest BCUT2D eigenvalue weighted by atomic mass is 35.5. The lowest BCUT2D eigenvalue weighted by Gasteiger charge is -2.37. The molecule has 2 amide bonds. The lowest BCUT2D eigenvalue weighted by Crippen LogP contribution is -2.49. The first-order valence-corrected chi connectivity index (χ1v) is 13.5. The highest BCUT2D eigenvalue weighted by Crippen LogP contribution is 2.37. The van der Waals surface area contributed by atoms with Gasteiger partial charge < -0.3 is 29.6 Å². The summed E-state index contributed by atoms with van der Waals surface area (Å²) in [4.78, 5) is 45.7. The third-order valence-corrected chi connectivity index (χ3v) is 7.35. The zero-order valence-electron chi connectivity index (χ0n) is 22.5. The molecule has 0 radical (unpaired) electrons. The molecule has 2 N–H and O–H groups in total. The number of carboxylic acid groups (broad SMARTS) is 1. The Morgan fingerprint density at radius 3 is 2.62 bits per heavy atom. The molecule has 0 spiro atoms. The molecule has 5 rings (SSSR count). The van der Waals surface area contributed by atoms with E-state index in [1.165, 1.54) is 41.3 Å². The van der Waals surface area contributed by atoms with Crippen molar-refractivity contribution in [2.24, 2.45) is 5.16 Å². The zero-order valence-corrected chi connectivity index (χ0v) is 23.3. The van der Waals surface area contributed by atoms with Gasteiger partial charge in [0.15, 0.2) is 5.82 Å². The molecule has 2 aliphatic rings. The standard InChI is InChI=1S/C30H27ClFN3O7/c1-40-14-15-41-24-7-3-4-20-19(24)12-13-35(27(20)28(36)33-18-10-8-17(9-11-18)30(38)39)29(37)25-16-23(34-42-25)21-5-2-6-22(31)26(21)32/h2-11,25,27H,12-16H2,1H3,(H,33,36)(H,38,39)/t25?,27-/m0/s1. The number of amides is 2. The highest BCUT2D eigenvalue weighted by Gasteiger charge is 2.42. The van der Waals surface area contributed by atoms with Gasteiger partial charge in [-0.25, -0.2) is 9.18 Å². The van der Waals surface area contributed by atoms with E-state index in [-0.39, 0.29) is 34.8 Å². The molecule has 218 valence electrons. The molecule has 3 aromatic carbocycles. The van der Waals surface area contributed by atoms with E-state index < -0.39 is 35.7 Å². The summed E-state index contributed by atoms with van der Waals surface area (Å²) in [5, 5.41) is 15.9. The Bertz CT molecular complexity index is 1550. The van der Waals surface area contributed by atoms with Crippen LogP contribution in [0.25, 0.3) is 0 Å². The average molecular weight is 596 g/mol. The van der Waals surface area contributed by atoms with Crippen molar-refractivity contribution >= 4 is 40.8 Å². The molecule has 3 aromatic rings.